The average Bonchev–Trinajstić information content (AvgIpc) is 2.29. The van der Waals surface area contributed by atoms with E-state index in [-0.39, 0.29) is 30.3 Å². The van der Waals surface area contributed by atoms with Crippen molar-refractivity contribution >= 4 is 23.4 Å². The molecule has 0 aromatic carbocycles. The number of rotatable bonds is 7. The van der Waals surface area contributed by atoms with E-state index in [1.54, 1.807) is 0 Å². The molecule has 18 heavy (non-hydrogen) atoms. The Balaban J connectivity index is 2.51. The highest BCUT2D eigenvalue weighted by atomic mass is 16.5. The molecule has 0 saturated heterocycles. The molecule has 0 saturated carbocycles. The number of carboxylic acids is 1. The third-order valence-electron chi connectivity index (χ3n) is 1.92. The molecular weight excluding hydrogens is 240 g/mol. The minimum atomic E-state index is -1.13. The fourth-order valence-corrected chi connectivity index (χ4v) is 1.20. The lowest BCUT2D eigenvalue weighted by Crippen LogP contribution is -2.21. The fraction of sp³-hybridized carbons (Fsp3) is 0.300. The number of anilines is 2. The standard InChI is InChI=1S/C10H14N4O4/c11-6-3-7(10(16)17)9(14-4-6)13-1-2-18-5-8(12)15/h3-4H,1-2,5,11H2,(H2,12,15)(H,13,14)(H,16,17). The molecule has 0 aliphatic carbocycles. The summed E-state index contributed by atoms with van der Waals surface area (Å²) < 4.78 is 4.90. The molecule has 1 heterocycles. The summed E-state index contributed by atoms with van der Waals surface area (Å²) in [6.45, 7) is 0.321. The summed E-state index contributed by atoms with van der Waals surface area (Å²) in [4.78, 5) is 25.2. The number of hydrogen-bond acceptors (Lipinski definition) is 6. The minimum absolute atomic E-state index is 0.0232. The number of carbonyl (C=O) groups is 2. The van der Waals surface area contributed by atoms with Gasteiger partial charge < -0.3 is 26.6 Å². The Labute approximate surface area is 103 Å². The van der Waals surface area contributed by atoms with Crippen LogP contribution in [0.4, 0.5) is 11.5 Å². The molecule has 0 unspecified atom stereocenters. The summed E-state index contributed by atoms with van der Waals surface area (Å²) in [5, 5.41) is 11.7. The molecule has 0 spiro atoms. The van der Waals surface area contributed by atoms with Gasteiger partial charge in [-0.15, -0.1) is 0 Å². The zero-order valence-corrected chi connectivity index (χ0v) is 9.55. The molecule has 6 N–H and O–H groups in total. The van der Waals surface area contributed by atoms with Gasteiger partial charge in [0.05, 0.1) is 18.5 Å². The molecule has 98 valence electrons. The molecule has 1 amide bonds. The maximum absolute atomic E-state index is 10.9. The van der Waals surface area contributed by atoms with Crippen molar-refractivity contribution in [3.05, 3.63) is 17.8 Å². The Bertz CT molecular complexity index is 450. The number of hydrogen-bond donors (Lipinski definition) is 4. The molecule has 0 atom stereocenters. The zero-order valence-electron chi connectivity index (χ0n) is 9.55. The molecule has 1 aromatic rings. The molecule has 0 fully saturated rings. The molecule has 0 aliphatic heterocycles. The van der Waals surface area contributed by atoms with E-state index in [1.165, 1.54) is 12.3 Å². The van der Waals surface area contributed by atoms with Crippen molar-refractivity contribution in [1.82, 2.24) is 4.98 Å². The number of nitrogens with zero attached hydrogens (tertiary/aromatic N) is 1. The molecule has 8 nitrogen and oxygen atoms in total. The number of nitrogen functional groups attached to an aromatic ring is 1. The Morgan fingerprint density at radius 1 is 1.50 bits per heavy atom. The second-order valence-electron chi connectivity index (χ2n) is 3.42. The highest BCUT2D eigenvalue weighted by Crippen LogP contribution is 2.14. The SMILES string of the molecule is NC(=O)COCCNc1ncc(N)cc1C(=O)O. The third kappa shape index (κ3) is 4.26. The number of ether oxygens (including phenoxy) is 1. The number of primary amides is 1. The van der Waals surface area contributed by atoms with Gasteiger partial charge in [-0.05, 0) is 6.07 Å². The van der Waals surface area contributed by atoms with E-state index in [0.29, 0.717) is 6.54 Å². The smallest absolute Gasteiger partial charge is 0.339 e. The van der Waals surface area contributed by atoms with Crippen molar-refractivity contribution in [1.29, 1.82) is 0 Å². The first-order chi connectivity index (χ1) is 8.50. The number of aromatic nitrogens is 1. The largest absolute Gasteiger partial charge is 0.478 e. The Morgan fingerprint density at radius 3 is 2.83 bits per heavy atom. The van der Waals surface area contributed by atoms with Gasteiger partial charge in [0, 0.05) is 6.54 Å². The van der Waals surface area contributed by atoms with Crippen LogP contribution in [0.2, 0.25) is 0 Å². The van der Waals surface area contributed by atoms with E-state index in [4.69, 9.17) is 21.3 Å². The van der Waals surface area contributed by atoms with Gasteiger partial charge >= 0.3 is 5.97 Å². The topological polar surface area (TPSA) is 141 Å². The highest BCUT2D eigenvalue weighted by Gasteiger charge is 2.11. The summed E-state index contributed by atoms with van der Waals surface area (Å²) in [5.74, 6) is -1.50. The lowest BCUT2D eigenvalue weighted by atomic mass is 10.2. The van der Waals surface area contributed by atoms with Crippen LogP contribution in [0.5, 0.6) is 0 Å². The van der Waals surface area contributed by atoms with Gasteiger partial charge in [-0.1, -0.05) is 0 Å². The predicted molar refractivity (Wildman–Crippen MR) is 64.1 cm³/mol. The molecular formula is C10H14N4O4. The number of carboxylic acid groups (broad SMARTS) is 1. The van der Waals surface area contributed by atoms with Gasteiger partial charge in [0.25, 0.3) is 0 Å². The van der Waals surface area contributed by atoms with Crippen LogP contribution in [0.1, 0.15) is 10.4 Å². The van der Waals surface area contributed by atoms with Crippen LogP contribution < -0.4 is 16.8 Å². The molecule has 0 radical (unpaired) electrons. The van der Waals surface area contributed by atoms with Crippen LogP contribution in [-0.4, -0.2) is 41.7 Å². The van der Waals surface area contributed by atoms with E-state index in [2.05, 4.69) is 10.3 Å². The van der Waals surface area contributed by atoms with Crippen molar-refractivity contribution in [3.8, 4) is 0 Å². The van der Waals surface area contributed by atoms with Crippen LogP contribution in [0.15, 0.2) is 12.3 Å². The molecule has 8 heteroatoms. The first-order valence-electron chi connectivity index (χ1n) is 5.09. The first kappa shape index (κ1) is 13.7. The van der Waals surface area contributed by atoms with Gasteiger partial charge in [0.15, 0.2) is 0 Å². The first-order valence-corrected chi connectivity index (χ1v) is 5.09. The number of nitrogens with one attached hydrogen (secondary N) is 1. The van der Waals surface area contributed by atoms with Crippen LogP contribution in [0.3, 0.4) is 0 Å². The van der Waals surface area contributed by atoms with Crippen molar-refractivity contribution in [2.24, 2.45) is 5.73 Å². The van der Waals surface area contributed by atoms with Crippen LogP contribution in [-0.2, 0) is 9.53 Å². The Kier molecular flexibility index (Phi) is 4.88. The average molecular weight is 254 g/mol. The second kappa shape index (κ2) is 6.40. The van der Waals surface area contributed by atoms with E-state index in [0.717, 1.165) is 0 Å². The van der Waals surface area contributed by atoms with Crippen LogP contribution in [0.25, 0.3) is 0 Å². The summed E-state index contributed by atoms with van der Waals surface area (Å²) in [6.07, 6.45) is 1.35. The fourth-order valence-electron chi connectivity index (χ4n) is 1.20. The van der Waals surface area contributed by atoms with E-state index in [1.807, 2.05) is 0 Å². The summed E-state index contributed by atoms with van der Waals surface area (Å²) in [7, 11) is 0. The van der Waals surface area contributed by atoms with E-state index in [9.17, 15) is 9.59 Å². The summed E-state index contributed by atoms with van der Waals surface area (Å²) in [5.41, 5.74) is 10.6. The summed E-state index contributed by atoms with van der Waals surface area (Å²) >= 11 is 0. The highest BCUT2D eigenvalue weighted by molar-refractivity contribution is 5.94. The van der Waals surface area contributed by atoms with E-state index >= 15 is 0 Å². The van der Waals surface area contributed by atoms with Gasteiger partial charge in [0.1, 0.15) is 18.0 Å². The lowest BCUT2D eigenvalue weighted by molar-refractivity contribution is -0.122. The molecule has 0 aliphatic rings. The van der Waals surface area contributed by atoms with Gasteiger partial charge in [-0.3, -0.25) is 4.79 Å². The van der Waals surface area contributed by atoms with Crippen molar-refractivity contribution < 1.29 is 19.4 Å². The lowest BCUT2D eigenvalue weighted by Gasteiger charge is -2.09. The third-order valence-corrected chi connectivity index (χ3v) is 1.92. The number of carbonyl (C=O) groups excluding carboxylic acids is 1. The number of aromatic carboxylic acids is 1. The Morgan fingerprint density at radius 2 is 2.22 bits per heavy atom. The molecule has 1 rings (SSSR count). The van der Waals surface area contributed by atoms with Crippen molar-refractivity contribution in [3.63, 3.8) is 0 Å². The number of amides is 1. The van der Waals surface area contributed by atoms with Gasteiger partial charge in [-0.25, -0.2) is 9.78 Å². The van der Waals surface area contributed by atoms with E-state index < -0.39 is 11.9 Å². The Hall–Kier alpha value is -2.35. The summed E-state index contributed by atoms with van der Waals surface area (Å²) in [6, 6.07) is 1.31. The van der Waals surface area contributed by atoms with Gasteiger partial charge in [0.2, 0.25) is 5.91 Å². The normalized spacial score (nSPS) is 10.0. The number of nitrogens with two attached hydrogens (primary N) is 2. The quantitative estimate of drug-likeness (QED) is 0.470. The monoisotopic (exact) mass is 254 g/mol. The van der Waals surface area contributed by atoms with Crippen molar-refractivity contribution in [2.75, 3.05) is 30.8 Å². The van der Waals surface area contributed by atoms with Crippen molar-refractivity contribution in [2.45, 2.75) is 0 Å². The maximum Gasteiger partial charge on any atom is 0.339 e. The second-order valence-corrected chi connectivity index (χ2v) is 3.42. The zero-order chi connectivity index (χ0) is 13.5. The number of pyridine rings is 1. The maximum atomic E-state index is 10.9. The van der Waals surface area contributed by atoms with Crippen LogP contribution >= 0.6 is 0 Å². The van der Waals surface area contributed by atoms with Gasteiger partial charge in [-0.2, -0.15) is 0 Å². The minimum Gasteiger partial charge on any atom is -0.478 e. The van der Waals surface area contributed by atoms with Crippen LogP contribution in [0, 0.1) is 0 Å². The predicted octanol–water partition coefficient (Wildman–Crippen LogP) is -0.724. The molecule has 0 bridgehead atoms. The molecule has 1 aromatic heterocycles.